The van der Waals surface area contributed by atoms with Crippen LogP contribution >= 0.6 is 0 Å². The molecule has 0 unspecified atom stereocenters. The van der Waals surface area contributed by atoms with Gasteiger partial charge in [0.25, 0.3) is 0 Å². The maximum absolute atomic E-state index is 13.9. The molecule has 0 radical (unpaired) electrons. The molecule has 6 rings (SSSR count). The molecular formula is C22H21F4N5O2. The molecule has 2 saturated heterocycles. The largest absolute Gasteiger partial charge is 0.491 e. The fourth-order valence-electron chi connectivity index (χ4n) is 5.21. The molecule has 174 valence electrons. The Bertz CT molecular complexity index is 1190. The summed E-state index contributed by atoms with van der Waals surface area (Å²) >= 11 is 0. The number of hydrogen-bond donors (Lipinski definition) is 2. The number of nitrogens with one attached hydrogen (secondary N) is 2. The molecule has 0 saturated carbocycles. The predicted octanol–water partition coefficient (Wildman–Crippen LogP) is 3.61. The van der Waals surface area contributed by atoms with E-state index in [1.54, 1.807) is 6.07 Å². The highest BCUT2D eigenvalue weighted by Gasteiger charge is 2.44. The van der Waals surface area contributed by atoms with E-state index in [2.05, 4.69) is 25.2 Å². The van der Waals surface area contributed by atoms with E-state index >= 15 is 0 Å². The van der Waals surface area contributed by atoms with E-state index < -0.39 is 17.7 Å². The fraction of sp³-hybridized carbons (Fsp3) is 0.455. The molecule has 33 heavy (non-hydrogen) atoms. The highest BCUT2D eigenvalue weighted by molar-refractivity contribution is 5.88. The van der Waals surface area contributed by atoms with Crippen molar-refractivity contribution in [3.8, 4) is 5.75 Å². The summed E-state index contributed by atoms with van der Waals surface area (Å²) in [6.45, 7) is 3.46. The van der Waals surface area contributed by atoms with Gasteiger partial charge >= 0.3 is 6.18 Å². The minimum Gasteiger partial charge on any atom is -0.491 e. The van der Waals surface area contributed by atoms with Crippen molar-refractivity contribution in [1.29, 1.82) is 0 Å². The van der Waals surface area contributed by atoms with Crippen LogP contribution in [0, 0.1) is 17.7 Å². The van der Waals surface area contributed by atoms with E-state index in [0.717, 1.165) is 37.9 Å². The zero-order valence-corrected chi connectivity index (χ0v) is 17.4. The summed E-state index contributed by atoms with van der Waals surface area (Å²) in [6, 6.07) is 4.89. The minimum absolute atomic E-state index is 0.0932. The van der Waals surface area contributed by atoms with E-state index in [4.69, 9.17) is 9.47 Å². The Morgan fingerprint density at radius 3 is 2.61 bits per heavy atom. The van der Waals surface area contributed by atoms with Gasteiger partial charge in [-0.15, -0.1) is 0 Å². The third-order valence-electron chi connectivity index (χ3n) is 6.87. The average molecular weight is 463 g/mol. The number of nitrogens with zero attached hydrogens (tertiary/aromatic N) is 3. The highest BCUT2D eigenvalue weighted by Crippen LogP contribution is 2.41. The summed E-state index contributed by atoms with van der Waals surface area (Å²) in [5, 5.41) is 3.58. The average Bonchev–Trinajstić information content (AvgIpc) is 3.48. The fourth-order valence-corrected chi connectivity index (χ4v) is 5.21. The highest BCUT2D eigenvalue weighted by atomic mass is 19.4. The summed E-state index contributed by atoms with van der Waals surface area (Å²) < 4.78 is 65.2. The van der Waals surface area contributed by atoms with Crippen LogP contribution in [0.25, 0.3) is 11.0 Å². The van der Waals surface area contributed by atoms with Crippen LogP contribution in [0.4, 0.5) is 23.4 Å². The molecule has 3 aliphatic heterocycles. The van der Waals surface area contributed by atoms with Crippen LogP contribution < -0.4 is 10.1 Å². The van der Waals surface area contributed by atoms with Crippen molar-refractivity contribution in [3.63, 3.8) is 0 Å². The van der Waals surface area contributed by atoms with Gasteiger partial charge in [0.05, 0.1) is 30.7 Å². The van der Waals surface area contributed by atoms with Crippen molar-refractivity contribution in [2.75, 3.05) is 38.2 Å². The van der Waals surface area contributed by atoms with Crippen molar-refractivity contribution in [3.05, 3.63) is 47.7 Å². The number of likely N-dealkylation sites (tertiary alicyclic amines) is 1. The van der Waals surface area contributed by atoms with Gasteiger partial charge in [0.15, 0.2) is 0 Å². The number of H-pyrrole nitrogens is 1. The van der Waals surface area contributed by atoms with Crippen LogP contribution in [-0.2, 0) is 10.9 Å². The molecular weight excluding hydrogens is 442 g/mol. The Morgan fingerprint density at radius 1 is 1.06 bits per heavy atom. The second kappa shape index (κ2) is 7.56. The zero-order chi connectivity index (χ0) is 22.7. The van der Waals surface area contributed by atoms with E-state index in [0.29, 0.717) is 24.2 Å². The van der Waals surface area contributed by atoms with Gasteiger partial charge in [0.2, 0.25) is 0 Å². The first-order valence-corrected chi connectivity index (χ1v) is 10.8. The molecule has 2 N–H and O–H groups in total. The summed E-state index contributed by atoms with van der Waals surface area (Å²) in [5.74, 6) is 1.18. The number of benzene rings is 1. The second-order valence-corrected chi connectivity index (χ2v) is 8.86. The number of ether oxygens (including phenoxy) is 2. The van der Waals surface area contributed by atoms with Crippen LogP contribution in [0.15, 0.2) is 30.6 Å². The van der Waals surface area contributed by atoms with Crippen molar-refractivity contribution >= 4 is 16.9 Å². The molecule has 1 aromatic carbocycles. The smallest absolute Gasteiger partial charge is 0.431 e. The molecule has 7 nitrogen and oxygen atoms in total. The number of aromatic amines is 1. The Kier molecular flexibility index (Phi) is 4.73. The Balaban J connectivity index is 1.38. The lowest BCUT2D eigenvalue weighted by atomic mass is 9.94. The van der Waals surface area contributed by atoms with E-state index in [1.165, 1.54) is 18.5 Å². The first-order chi connectivity index (χ1) is 15.9. The molecule has 2 aromatic heterocycles. The van der Waals surface area contributed by atoms with E-state index in [1.807, 2.05) is 0 Å². The normalized spacial score (nSPS) is 27.4. The monoisotopic (exact) mass is 463 g/mol. The molecule has 0 amide bonds. The number of alkyl halides is 3. The SMILES string of the molecule is Fc1ccc2c(c1)OC[C@H](N1C[C@H]3COC[C@@H]3C1)[C@H]2Nc1ncnc2[nH]c(C(F)(F)F)cc12. The molecule has 2 fully saturated rings. The van der Waals surface area contributed by atoms with Crippen molar-refractivity contribution in [1.82, 2.24) is 19.9 Å². The standard InChI is InChI=1S/C22H21F4N5O2/c23-13-1-2-14-17(3-13)33-9-16(31-5-11-7-32-8-12(11)6-31)19(14)30-21-15-4-18(22(24,25)26)29-20(15)27-10-28-21/h1-4,10-12,16,19H,5-9H2,(H2,27,28,29,30)/t11-,12-,16-,19-/m0/s1. The molecule has 5 heterocycles. The number of halogens is 4. The summed E-state index contributed by atoms with van der Waals surface area (Å²) in [4.78, 5) is 12.8. The number of aromatic nitrogens is 3. The van der Waals surface area contributed by atoms with Gasteiger partial charge in [0.1, 0.15) is 41.7 Å². The first kappa shape index (κ1) is 20.7. The van der Waals surface area contributed by atoms with Crippen LogP contribution in [-0.4, -0.2) is 58.8 Å². The van der Waals surface area contributed by atoms with Gasteiger partial charge in [-0.05, 0) is 12.1 Å². The zero-order valence-electron chi connectivity index (χ0n) is 17.4. The van der Waals surface area contributed by atoms with E-state index in [-0.39, 0.29) is 28.9 Å². The molecule has 4 atom stereocenters. The molecule has 11 heteroatoms. The minimum atomic E-state index is -4.53. The van der Waals surface area contributed by atoms with Crippen LogP contribution in [0.5, 0.6) is 5.75 Å². The number of anilines is 1. The number of rotatable bonds is 3. The molecule has 0 spiro atoms. The Hall–Kier alpha value is -2.92. The van der Waals surface area contributed by atoms with Crippen LogP contribution in [0.3, 0.4) is 0 Å². The van der Waals surface area contributed by atoms with Crippen LogP contribution in [0.2, 0.25) is 0 Å². The maximum Gasteiger partial charge on any atom is 0.431 e. The lowest BCUT2D eigenvalue weighted by Crippen LogP contribution is -2.48. The maximum atomic E-state index is 13.9. The van der Waals surface area contributed by atoms with Crippen LogP contribution in [0.1, 0.15) is 17.3 Å². The van der Waals surface area contributed by atoms with Gasteiger partial charge in [-0.2, -0.15) is 13.2 Å². The second-order valence-electron chi connectivity index (χ2n) is 8.86. The van der Waals surface area contributed by atoms with Gasteiger partial charge in [-0.1, -0.05) is 6.07 Å². The lowest BCUT2D eigenvalue weighted by molar-refractivity contribution is -0.140. The van der Waals surface area contributed by atoms with Gasteiger partial charge in [-0.3, -0.25) is 4.90 Å². The Labute approximate surface area is 186 Å². The summed E-state index contributed by atoms with van der Waals surface area (Å²) in [7, 11) is 0. The molecule has 3 aromatic rings. The predicted molar refractivity (Wildman–Crippen MR) is 110 cm³/mol. The molecule has 0 aliphatic carbocycles. The summed E-state index contributed by atoms with van der Waals surface area (Å²) in [5.41, 5.74) is -0.0608. The van der Waals surface area contributed by atoms with Crippen molar-refractivity contribution in [2.24, 2.45) is 11.8 Å². The van der Waals surface area contributed by atoms with Gasteiger partial charge < -0.3 is 19.8 Å². The first-order valence-electron chi connectivity index (χ1n) is 10.8. The molecule has 3 aliphatic rings. The Morgan fingerprint density at radius 2 is 1.85 bits per heavy atom. The summed E-state index contributed by atoms with van der Waals surface area (Å²) in [6.07, 6.45) is -3.31. The number of hydrogen-bond acceptors (Lipinski definition) is 6. The molecule has 0 bridgehead atoms. The van der Waals surface area contributed by atoms with Crippen molar-refractivity contribution < 1.29 is 27.0 Å². The lowest BCUT2D eigenvalue weighted by Gasteiger charge is -2.40. The van der Waals surface area contributed by atoms with E-state index in [9.17, 15) is 17.6 Å². The number of fused-ring (bicyclic) bond motifs is 3. The topological polar surface area (TPSA) is 75.3 Å². The third kappa shape index (κ3) is 3.59. The van der Waals surface area contributed by atoms with Gasteiger partial charge in [0, 0.05) is 36.6 Å². The van der Waals surface area contributed by atoms with Gasteiger partial charge in [-0.25, -0.2) is 14.4 Å². The third-order valence-corrected chi connectivity index (χ3v) is 6.87. The van der Waals surface area contributed by atoms with Crippen molar-refractivity contribution in [2.45, 2.75) is 18.3 Å². The quantitative estimate of drug-likeness (QED) is 0.579.